The smallest absolute Gasteiger partial charge is 0.346 e. The summed E-state index contributed by atoms with van der Waals surface area (Å²) in [4.78, 5) is 25.3. The monoisotopic (exact) mass is 395 g/mol. The van der Waals surface area contributed by atoms with Crippen LogP contribution in [0, 0.1) is 0 Å². The van der Waals surface area contributed by atoms with E-state index in [0.717, 1.165) is 10.4 Å². The number of carbonyl (C=O) groups excluding carboxylic acids is 1. The third-order valence-corrected chi connectivity index (χ3v) is 6.07. The zero-order valence-corrected chi connectivity index (χ0v) is 15.7. The van der Waals surface area contributed by atoms with E-state index in [-0.39, 0.29) is 28.9 Å². The maximum absolute atomic E-state index is 12.4. The Hall–Kier alpha value is -3.32. The Morgan fingerprint density at radius 3 is 2.43 bits per heavy atom. The summed E-state index contributed by atoms with van der Waals surface area (Å²) in [5, 5.41) is 22.2. The second-order valence-corrected chi connectivity index (χ2v) is 7.53. The van der Waals surface area contributed by atoms with Crippen LogP contribution in [0.15, 0.2) is 48.5 Å². The maximum Gasteiger partial charge on any atom is 0.346 e. The lowest BCUT2D eigenvalue weighted by Crippen LogP contribution is -2.22. The van der Waals surface area contributed by atoms with Gasteiger partial charge in [-0.2, -0.15) is 0 Å². The number of hydrogen-bond acceptors (Lipinski definition) is 5. The average Bonchev–Trinajstić information content (AvgIpc) is 3.07. The molecule has 2 aromatic carbocycles. The first-order valence-corrected chi connectivity index (χ1v) is 9.42. The van der Waals surface area contributed by atoms with Gasteiger partial charge in [-0.1, -0.05) is 24.3 Å². The molecule has 1 aromatic heterocycles. The molecule has 1 atom stereocenters. The summed E-state index contributed by atoms with van der Waals surface area (Å²) in [7, 11) is 1.56. The second-order valence-electron chi connectivity index (χ2n) is 6.48. The van der Waals surface area contributed by atoms with Crippen molar-refractivity contribution in [3.63, 3.8) is 0 Å². The molecule has 1 aliphatic rings. The number of methoxy groups -OCH3 is 1. The van der Waals surface area contributed by atoms with Crippen molar-refractivity contribution in [2.45, 2.75) is 12.3 Å². The topological polar surface area (TPSA) is 95.9 Å². The lowest BCUT2D eigenvalue weighted by atomic mass is 9.88. The number of phenolic OH excluding ortho intramolecular Hbond substituents is 1. The molecule has 1 amide bonds. The van der Waals surface area contributed by atoms with Crippen LogP contribution in [0.5, 0.6) is 11.5 Å². The molecule has 2 heterocycles. The van der Waals surface area contributed by atoms with Gasteiger partial charge < -0.3 is 20.3 Å². The van der Waals surface area contributed by atoms with Gasteiger partial charge in [-0.15, -0.1) is 11.3 Å². The van der Waals surface area contributed by atoms with Gasteiger partial charge in [0.25, 0.3) is 0 Å². The van der Waals surface area contributed by atoms with Crippen LogP contribution in [0.4, 0.5) is 5.69 Å². The Kier molecular flexibility index (Phi) is 4.52. The molecule has 0 fully saturated rings. The fourth-order valence-electron chi connectivity index (χ4n) is 3.45. The zero-order valence-electron chi connectivity index (χ0n) is 14.9. The van der Waals surface area contributed by atoms with Gasteiger partial charge in [0.1, 0.15) is 16.4 Å². The van der Waals surface area contributed by atoms with E-state index in [4.69, 9.17) is 4.74 Å². The number of anilines is 1. The van der Waals surface area contributed by atoms with Crippen molar-refractivity contribution in [1.29, 1.82) is 0 Å². The van der Waals surface area contributed by atoms with E-state index >= 15 is 0 Å². The number of nitrogens with one attached hydrogen (secondary N) is 1. The van der Waals surface area contributed by atoms with E-state index in [2.05, 4.69) is 5.32 Å². The molecule has 3 aromatic rings. The van der Waals surface area contributed by atoms with Crippen molar-refractivity contribution in [2.75, 3.05) is 12.4 Å². The maximum atomic E-state index is 12.4. The second kappa shape index (κ2) is 7.01. The van der Waals surface area contributed by atoms with Crippen LogP contribution in [-0.4, -0.2) is 29.2 Å². The highest BCUT2D eigenvalue weighted by Gasteiger charge is 2.34. The van der Waals surface area contributed by atoms with E-state index < -0.39 is 5.97 Å². The molecule has 7 heteroatoms. The van der Waals surface area contributed by atoms with Gasteiger partial charge >= 0.3 is 5.97 Å². The average molecular weight is 395 g/mol. The summed E-state index contributed by atoms with van der Waals surface area (Å²) in [6.45, 7) is 0. The SMILES string of the molecule is COc1ccc(-c2c(C(=O)O)sc3c2NC(=O)C[C@H]3c2ccc(O)cc2)cc1. The van der Waals surface area contributed by atoms with Crippen molar-refractivity contribution < 1.29 is 24.5 Å². The third-order valence-electron chi connectivity index (χ3n) is 4.77. The van der Waals surface area contributed by atoms with Gasteiger partial charge in [-0.25, -0.2) is 4.79 Å². The number of rotatable bonds is 4. The summed E-state index contributed by atoms with van der Waals surface area (Å²) in [5.74, 6) is -0.672. The minimum Gasteiger partial charge on any atom is -0.508 e. The number of fused-ring (bicyclic) bond motifs is 1. The summed E-state index contributed by atoms with van der Waals surface area (Å²) >= 11 is 1.18. The molecule has 0 saturated carbocycles. The normalized spacial score (nSPS) is 15.6. The Labute approximate surface area is 165 Å². The van der Waals surface area contributed by atoms with Crippen LogP contribution in [0.2, 0.25) is 0 Å². The molecule has 28 heavy (non-hydrogen) atoms. The predicted octanol–water partition coefficient (Wildman–Crippen LogP) is 4.30. The Balaban J connectivity index is 1.89. The number of ether oxygens (including phenoxy) is 1. The number of carboxylic acids is 1. The molecule has 0 bridgehead atoms. The predicted molar refractivity (Wildman–Crippen MR) is 106 cm³/mol. The fourth-order valence-corrected chi connectivity index (χ4v) is 4.69. The molecular weight excluding hydrogens is 378 g/mol. The molecular formula is C21H17NO5S. The molecule has 3 N–H and O–H groups in total. The quantitative estimate of drug-likeness (QED) is 0.612. The first-order valence-electron chi connectivity index (χ1n) is 8.61. The van der Waals surface area contributed by atoms with Gasteiger partial charge in [0.15, 0.2) is 0 Å². The molecule has 142 valence electrons. The van der Waals surface area contributed by atoms with Crippen LogP contribution in [0.25, 0.3) is 11.1 Å². The Morgan fingerprint density at radius 2 is 1.82 bits per heavy atom. The molecule has 4 rings (SSSR count). The van der Waals surface area contributed by atoms with Crippen molar-refractivity contribution in [3.8, 4) is 22.6 Å². The fraction of sp³-hybridized carbons (Fsp3) is 0.143. The van der Waals surface area contributed by atoms with Crippen LogP contribution in [0.3, 0.4) is 0 Å². The molecule has 0 aliphatic carbocycles. The van der Waals surface area contributed by atoms with Crippen molar-refractivity contribution in [1.82, 2.24) is 0 Å². The van der Waals surface area contributed by atoms with Crippen LogP contribution >= 0.6 is 11.3 Å². The highest BCUT2D eigenvalue weighted by molar-refractivity contribution is 7.15. The third kappa shape index (κ3) is 3.10. The van der Waals surface area contributed by atoms with Gasteiger partial charge in [-0.3, -0.25) is 4.79 Å². The van der Waals surface area contributed by atoms with Gasteiger partial charge in [0.05, 0.1) is 12.8 Å². The summed E-state index contributed by atoms with van der Waals surface area (Å²) < 4.78 is 5.17. The van der Waals surface area contributed by atoms with E-state index in [1.165, 1.54) is 11.3 Å². The number of aromatic hydroxyl groups is 1. The Bertz CT molecular complexity index is 1050. The number of carboxylic acid groups (broad SMARTS) is 1. The van der Waals surface area contributed by atoms with Crippen LogP contribution in [-0.2, 0) is 4.79 Å². The van der Waals surface area contributed by atoms with Crippen molar-refractivity contribution >= 4 is 28.9 Å². The first-order chi connectivity index (χ1) is 13.5. The standard InChI is InChI=1S/C21H17NO5S/c1-27-14-8-4-12(5-9-14)17-18-19(28-20(17)21(25)26)15(10-16(24)22-18)11-2-6-13(23)7-3-11/h2-9,15,23H,10H2,1H3,(H,22,24)(H,25,26)/t15-/m0/s1. The number of benzene rings is 2. The number of thiophene rings is 1. The molecule has 1 aliphatic heterocycles. The largest absolute Gasteiger partial charge is 0.508 e. The molecule has 0 radical (unpaired) electrons. The van der Waals surface area contributed by atoms with Gasteiger partial charge in [-0.05, 0) is 35.4 Å². The molecule has 6 nitrogen and oxygen atoms in total. The first kappa shape index (κ1) is 18.1. The van der Waals surface area contributed by atoms with E-state index in [1.54, 1.807) is 55.6 Å². The lowest BCUT2D eigenvalue weighted by molar-refractivity contribution is -0.116. The summed E-state index contributed by atoms with van der Waals surface area (Å²) in [6, 6.07) is 13.7. The number of hydrogen-bond donors (Lipinski definition) is 3. The van der Waals surface area contributed by atoms with Gasteiger partial charge in [0, 0.05) is 22.8 Å². The molecule has 0 unspecified atom stereocenters. The van der Waals surface area contributed by atoms with Crippen LogP contribution < -0.4 is 10.1 Å². The Morgan fingerprint density at radius 1 is 1.14 bits per heavy atom. The number of amides is 1. The van der Waals surface area contributed by atoms with Crippen molar-refractivity contribution in [3.05, 3.63) is 63.8 Å². The minimum absolute atomic E-state index is 0.139. The molecule has 0 saturated heterocycles. The highest BCUT2D eigenvalue weighted by Crippen LogP contribution is 2.49. The number of carbonyl (C=O) groups is 2. The van der Waals surface area contributed by atoms with E-state index in [1.807, 2.05) is 0 Å². The molecule has 0 spiro atoms. The van der Waals surface area contributed by atoms with Crippen LogP contribution in [0.1, 0.15) is 32.5 Å². The van der Waals surface area contributed by atoms with Gasteiger partial charge in [0.2, 0.25) is 5.91 Å². The summed E-state index contributed by atoms with van der Waals surface area (Å²) in [5.41, 5.74) is 2.60. The summed E-state index contributed by atoms with van der Waals surface area (Å²) in [6.07, 6.45) is 0.222. The lowest BCUT2D eigenvalue weighted by Gasteiger charge is -2.24. The minimum atomic E-state index is -1.04. The highest BCUT2D eigenvalue weighted by atomic mass is 32.1. The van der Waals surface area contributed by atoms with Crippen molar-refractivity contribution in [2.24, 2.45) is 0 Å². The number of phenols is 1. The van der Waals surface area contributed by atoms with E-state index in [9.17, 15) is 19.8 Å². The van der Waals surface area contributed by atoms with E-state index in [0.29, 0.717) is 22.6 Å². The number of aromatic carboxylic acids is 1. The zero-order chi connectivity index (χ0) is 19.8.